The van der Waals surface area contributed by atoms with Crippen LogP contribution in [0.4, 0.5) is 0 Å². The summed E-state index contributed by atoms with van der Waals surface area (Å²) in [7, 11) is 0. The van der Waals surface area contributed by atoms with E-state index in [4.69, 9.17) is 0 Å². The van der Waals surface area contributed by atoms with E-state index >= 15 is 0 Å². The second kappa shape index (κ2) is 29.8. The summed E-state index contributed by atoms with van der Waals surface area (Å²) < 4.78 is 0. The van der Waals surface area contributed by atoms with Crippen LogP contribution in [0.3, 0.4) is 0 Å². The van der Waals surface area contributed by atoms with Crippen molar-refractivity contribution in [2.45, 2.75) is 0 Å². The van der Waals surface area contributed by atoms with Gasteiger partial charge in [0.25, 0.3) is 0 Å². The Morgan fingerprint density at radius 2 is 0.400 bits per heavy atom. The van der Waals surface area contributed by atoms with Gasteiger partial charge in [0.2, 0.25) is 0 Å². The molecule has 5 heteroatoms. The Kier molecular flexibility index (Phi) is 282. The van der Waals surface area contributed by atoms with Crippen LogP contribution >= 0.6 is 67.9 Å². The zero-order valence-corrected chi connectivity index (χ0v) is 11.8. The second-order valence-electron chi connectivity index (χ2n) is 0. The van der Waals surface area contributed by atoms with Gasteiger partial charge in [-0.2, -0.15) is 0 Å². The number of rotatable bonds is 0. The minimum atomic E-state index is 0. The Morgan fingerprint density at radius 1 is 0.400 bits per heavy atom. The van der Waals surface area contributed by atoms with Crippen LogP contribution in [0.1, 0.15) is 0 Å². The fourth-order valence-corrected chi connectivity index (χ4v) is 0. The molecular weight excluding hydrogens is 447 g/mol. The van der Waals surface area contributed by atoms with Gasteiger partial charge in [0.15, 0.2) is 0 Å². The van der Waals surface area contributed by atoms with Crippen LogP contribution in [0.5, 0.6) is 0 Å². The van der Waals surface area contributed by atoms with Crippen molar-refractivity contribution in [2.75, 3.05) is 0 Å². The van der Waals surface area contributed by atoms with Crippen LogP contribution in [-0.2, 0) is 0 Å². The van der Waals surface area contributed by atoms with Crippen LogP contribution in [0.2, 0.25) is 0 Å². The van der Waals surface area contributed by atoms with E-state index in [1.54, 1.807) is 0 Å². The normalized spacial score (nSPS) is 0. The molecule has 0 saturated carbocycles. The fraction of sp³-hybridized carbons (Fsp3) is 0. The molecule has 0 aromatic heterocycles. The SMILES string of the molecule is Br.Br.Br.Br.[TeH2]. The van der Waals surface area contributed by atoms with E-state index in [1.807, 2.05) is 0 Å². The van der Waals surface area contributed by atoms with Crippen molar-refractivity contribution in [1.82, 2.24) is 0 Å². The van der Waals surface area contributed by atoms with Gasteiger partial charge in [-0.15, -0.1) is 67.9 Å². The third-order valence-electron chi connectivity index (χ3n) is 0. The van der Waals surface area contributed by atoms with Gasteiger partial charge < -0.3 is 0 Å². The Hall–Kier alpha value is 2.71. The molecule has 0 fully saturated rings. The average Bonchev–Trinajstić information content (AvgIpc) is 0. The summed E-state index contributed by atoms with van der Waals surface area (Å²) in [4.78, 5) is 0. The molecule has 0 atom stereocenters. The molecule has 0 radical (unpaired) electrons. The predicted octanol–water partition coefficient (Wildman–Crippen LogP) is 1.40. The van der Waals surface area contributed by atoms with E-state index in [2.05, 4.69) is 0 Å². The van der Waals surface area contributed by atoms with Gasteiger partial charge in [-0.1, -0.05) is 0 Å². The Bertz CT molecular complexity index is 3.61. The van der Waals surface area contributed by atoms with Gasteiger partial charge in [0.05, 0.1) is 0 Å². The molecule has 0 spiro atoms. The first-order chi connectivity index (χ1) is 0. The van der Waals surface area contributed by atoms with Crippen molar-refractivity contribution in [2.24, 2.45) is 0 Å². The van der Waals surface area contributed by atoms with Gasteiger partial charge in [-0.25, -0.2) is 0 Å². The molecule has 0 aromatic carbocycles. The molecule has 0 heterocycles. The zero-order valence-electron chi connectivity index (χ0n) is 2.13. The first-order valence-electron chi connectivity index (χ1n) is 0. The molecule has 0 bridgehead atoms. The Morgan fingerprint density at radius 3 is 0.400 bits per heavy atom. The van der Waals surface area contributed by atoms with E-state index in [1.165, 1.54) is 0 Å². The van der Waals surface area contributed by atoms with Crippen molar-refractivity contribution in [1.29, 1.82) is 0 Å². The van der Waals surface area contributed by atoms with Crippen molar-refractivity contribution >= 4 is 91.6 Å². The number of hydrogen-bond acceptors (Lipinski definition) is 0. The summed E-state index contributed by atoms with van der Waals surface area (Å²) in [6, 6.07) is 0. The average molecular weight is 453 g/mol. The Balaban J connectivity index is 0. The molecule has 0 rings (SSSR count). The molecule has 0 N–H and O–H groups in total. The summed E-state index contributed by atoms with van der Waals surface area (Å²) in [5, 5.41) is 0. The minimum absolute atomic E-state index is 0. The van der Waals surface area contributed by atoms with E-state index in [0.717, 1.165) is 0 Å². The van der Waals surface area contributed by atoms with Crippen LogP contribution in [0.15, 0.2) is 0 Å². The van der Waals surface area contributed by atoms with Gasteiger partial charge in [0.1, 0.15) is 0 Å². The van der Waals surface area contributed by atoms with Gasteiger partial charge in [-0.05, 0) is 0 Å². The molecule has 0 aromatic rings. The molecule has 0 unspecified atom stereocenters. The molecular formula is H6Br4Te. The summed E-state index contributed by atoms with van der Waals surface area (Å²) in [5.41, 5.74) is 0. The molecule has 0 aliphatic heterocycles. The molecule has 0 nitrogen and oxygen atoms in total. The van der Waals surface area contributed by atoms with E-state index in [-0.39, 0.29) is 91.6 Å². The van der Waals surface area contributed by atoms with Crippen molar-refractivity contribution in [3.63, 3.8) is 0 Å². The molecule has 0 amide bonds. The maximum atomic E-state index is 0. The van der Waals surface area contributed by atoms with Gasteiger partial charge >= 0.3 is 23.7 Å². The van der Waals surface area contributed by atoms with Crippen LogP contribution < -0.4 is 0 Å². The molecule has 0 aliphatic carbocycles. The monoisotopic (exact) mass is 452 g/mol. The number of hydrogen-bond donors (Lipinski definition) is 0. The van der Waals surface area contributed by atoms with E-state index in [9.17, 15) is 0 Å². The molecule has 40 valence electrons. The quantitative estimate of drug-likeness (QED) is 0.487. The van der Waals surface area contributed by atoms with E-state index in [0.29, 0.717) is 0 Å². The van der Waals surface area contributed by atoms with Crippen LogP contribution in [-0.4, -0.2) is 23.7 Å². The van der Waals surface area contributed by atoms with Gasteiger partial charge in [-0.3, -0.25) is 0 Å². The predicted molar refractivity (Wildman–Crippen MR) is 49.8 cm³/mol. The Labute approximate surface area is 90.3 Å². The van der Waals surface area contributed by atoms with Crippen molar-refractivity contribution in [3.8, 4) is 0 Å². The van der Waals surface area contributed by atoms with Crippen LogP contribution in [0.25, 0.3) is 0 Å². The first-order valence-corrected chi connectivity index (χ1v) is 0. The van der Waals surface area contributed by atoms with E-state index < -0.39 is 0 Å². The fourth-order valence-electron chi connectivity index (χ4n) is 0. The summed E-state index contributed by atoms with van der Waals surface area (Å²) in [6.07, 6.45) is 0. The maximum absolute atomic E-state index is 0. The second-order valence-corrected chi connectivity index (χ2v) is 0. The standard InChI is InChI=1S/4BrH.H2Te/h4*1H;1H2. The third kappa shape index (κ3) is 20.3. The van der Waals surface area contributed by atoms with Crippen molar-refractivity contribution in [3.05, 3.63) is 0 Å². The topological polar surface area (TPSA) is 0 Å². The molecule has 5 heavy (non-hydrogen) atoms. The summed E-state index contributed by atoms with van der Waals surface area (Å²) in [6.45, 7) is 0. The first kappa shape index (κ1) is 47.3. The summed E-state index contributed by atoms with van der Waals surface area (Å²) >= 11 is 0. The number of halogens is 4. The summed E-state index contributed by atoms with van der Waals surface area (Å²) in [5.74, 6) is 0. The van der Waals surface area contributed by atoms with Crippen LogP contribution in [0, 0.1) is 0 Å². The molecule has 0 aliphatic rings. The van der Waals surface area contributed by atoms with Crippen molar-refractivity contribution < 1.29 is 0 Å². The van der Waals surface area contributed by atoms with Gasteiger partial charge in [0, 0.05) is 0 Å². The molecule has 0 saturated heterocycles. The third-order valence-corrected chi connectivity index (χ3v) is 0. The zero-order chi connectivity index (χ0) is 0.